The Morgan fingerprint density at radius 3 is 1.82 bits per heavy atom. The molecule has 0 aliphatic carbocycles. The van der Waals surface area contributed by atoms with Crippen molar-refractivity contribution in [2.45, 2.75) is 90.1 Å². The Labute approximate surface area is 330 Å². The first kappa shape index (κ1) is 43.5. The van der Waals surface area contributed by atoms with Crippen LogP contribution >= 0.6 is 0 Å². The van der Waals surface area contributed by atoms with Gasteiger partial charge in [-0.2, -0.15) is 0 Å². The number of amides is 5. The average molecular weight is 771 g/mol. The second kappa shape index (κ2) is 21.7. The number of nitrogens with one attached hydrogen (secondary N) is 4. The Hall–Kier alpha value is -5.27. The number of ether oxygens (including phenoxy) is 1. The fourth-order valence-electron chi connectivity index (χ4n) is 6.63. The standard InChI is InChI=1S/C43H58N6O7/c1-28(2)38(42(54)46-35(27-50)41(53)48-39(29(3)4)43(55)45-34(40(44)52)26-31-15-9-6-10-16-31)47-37(51)21-24-49-22-19-33(20-23-49)56-36-18-12-11-17-32(36)25-30-13-7-5-8-14-30/h5-18,28-29,33-35,38-39,50H,19-27H2,1-4H3,(H2,44,52)(H,45,55)(H,46,54)(H,47,51)(H,48,53)/t34-,35+,38+,39+/m1/s1. The number of carbonyl (C=O) groups is 5. The van der Waals surface area contributed by atoms with Gasteiger partial charge < -0.3 is 41.7 Å². The maximum Gasteiger partial charge on any atom is 0.245 e. The van der Waals surface area contributed by atoms with E-state index in [9.17, 15) is 29.1 Å². The van der Waals surface area contributed by atoms with Crippen LogP contribution in [0.1, 0.15) is 63.6 Å². The Morgan fingerprint density at radius 2 is 1.25 bits per heavy atom. The van der Waals surface area contributed by atoms with Crippen molar-refractivity contribution < 1.29 is 33.8 Å². The molecule has 1 heterocycles. The molecule has 4 atom stereocenters. The fourth-order valence-corrected chi connectivity index (χ4v) is 6.63. The number of rotatable bonds is 20. The summed E-state index contributed by atoms with van der Waals surface area (Å²) >= 11 is 0. The van der Waals surface area contributed by atoms with Gasteiger partial charge in [-0.15, -0.1) is 0 Å². The smallest absolute Gasteiger partial charge is 0.245 e. The van der Waals surface area contributed by atoms with Crippen molar-refractivity contribution >= 4 is 29.5 Å². The maximum atomic E-state index is 13.4. The monoisotopic (exact) mass is 770 g/mol. The van der Waals surface area contributed by atoms with E-state index >= 15 is 0 Å². The second-order valence-electron chi connectivity index (χ2n) is 15.1. The molecule has 1 fully saturated rings. The molecule has 13 heteroatoms. The number of hydrogen-bond acceptors (Lipinski definition) is 8. The zero-order valence-electron chi connectivity index (χ0n) is 32.9. The molecule has 7 N–H and O–H groups in total. The third-order valence-electron chi connectivity index (χ3n) is 9.96. The molecular weight excluding hydrogens is 713 g/mol. The lowest BCUT2D eigenvalue weighted by molar-refractivity contribution is -0.136. The molecule has 3 aromatic carbocycles. The summed E-state index contributed by atoms with van der Waals surface area (Å²) in [5.74, 6) is -2.97. The molecule has 56 heavy (non-hydrogen) atoms. The third-order valence-corrected chi connectivity index (χ3v) is 9.96. The van der Waals surface area contributed by atoms with Gasteiger partial charge in [-0.05, 0) is 47.4 Å². The molecule has 0 saturated carbocycles. The van der Waals surface area contributed by atoms with Crippen LogP contribution in [0, 0.1) is 11.8 Å². The zero-order valence-corrected chi connectivity index (χ0v) is 32.9. The van der Waals surface area contributed by atoms with Crippen LogP contribution in [0.4, 0.5) is 0 Å². The van der Waals surface area contributed by atoms with E-state index in [0.29, 0.717) is 6.54 Å². The van der Waals surface area contributed by atoms with Gasteiger partial charge >= 0.3 is 0 Å². The van der Waals surface area contributed by atoms with Crippen molar-refractivity contribution in [3.05, 3.63) is 102 Å². The Balaban J connectivity index is 1.24. The molecule has 1 aliphatic rings. The predicted octanol–water partition coefficient (Wildman–Crippen LogP) is 2.48. The number of para-hydroxylation sites is 1. The van der Waals surface area contributed by atoms with Gasteiger partial charge in [0, 0.05) is 38.9 Å². The molecule has 0 aromatic heterocycles. The van der Waals surface area contributed by atoms with Gasteiger partial charge in [0.15, 0.2) is 0 Å². The van der Waals surface area contributed by atoms with E-state index in [1.165, 1.54) is 5.56 Å². The number of carbonyl (C=O) groups excluding carboxylic acids is 5. The van der Waals surface area contributed by atoms with Crippen molar-refractivity contribution in [1.29, 1.82) is 0 Å². The zero-order chi connectivity index (χ0) is 40.6. The summed E-state index contributed by atoms with van der Waals surface area (Å²) in [6.07, 6.45) is 2.84. The fraction of sp³-hybridized carbons (Fsp3) is 0.465. The molecule has 3 aromatic rings. The minimum Gasteiger partial charge on any atom is -0.490 e. The highest BCUT2D eigenvalue weighted by Gasteiger charge is 2.33. The van der Waals surface area contributed by atoms with Gasteiger partial charge in [0.2, 0.25) is 29.5 Å². The van der Waals surface area contributed by atoms with Crippen LogP contribution < -0.4 is 31.7 Å². The Kier molecular flexibility index (Phi) is 16.9. The number of likely N-dealkylation sites (tertiary alicyclic amines) is 1. The third kappa shape index (κ3) is 13.5. The Bertz CT molecular complexity index is 1730. The molecule has 302 valence electrons. The van der Waals surface area contributed by atoms with Gasteiger partial charge in [0.25, 0.3) is 0 Å². The summed E-state index contributed by atoms with van der Waals surface area (Å²) in [5, 5.41) is 20.6. The van der Waals surface area contributed by atoms with Crippen LogP contribution in [0.3, 0.4) is 0 Å². The van der Waals surface area contributed by atoms with Gasteiger partial charge in [0.05, 0.1) is 6.61 Å². The van der Waals surface area contributed by atoms with E-state index < -0.39 is 60.3 Å². The number of piperidine rings is 1. The number of primary amides is 1. The molecule has 1 aliphatic heterocycles. The van der Waals surface area contributed by atoms with Crippen LogP contribution in [0.25, 0.3) is 0 Å². The summed E-state index contributed by atoms with van der Waals surface area (Å²) in [7, 11) is 0. The molecule has 13 nitrogen and oxygen atoms in total. The van der Waals surface area contributed by atoms with E-state index in [2.05, 4.69) is 44.4 Å². The predicted molar refractivity (Wildman–Crippen MR) is 214 cm³/mol. The molecular formula is C43H58N6O7. The molecule has 4 rings (SSSR count). The number of nitrogens with two attached hydrogens (primary N) is 1. The molecule has 0 bridgehead atoms. The number of hydrogen-bond donors (Lipinski definition) is 6. The van der Waals surface area contributed by atoms with Crippen LogP contribution in [0.2, 0.25) is 0 Å². The largest absolute Gasteiger partial charge is 0.490 e. The first-order valence-electron chi connectivity index (χ1n) is 19.5. The summed E-state index contributed by atoms with van der Waals surface area (Å²) in [4.78, 5) is 67.4. The molecule has 1 saturated heterocycles. The topological polar surface area (TPSA) is 192 Å². The van der Waals surface area contributed by atoms with Crippen LogP contribution in [0.15, 0.2) is 84.9 Å². The van der Waals surface area contributed by atoms with Crippen molar-refractivity contribution in [2.24, 2.45) is 17.6 Å². The lowest BCUT2D eigenvalue weighted by atomic mass is 10.0. The maximum absolute atomic E-state index is 13.4. The number of aliphatic hydroxyl groups is 1. The summed E-state index contributed by atoms with van der Waals surface area (Å²) < 4.78 is 6.45. The second-order valence-corrected chi connectivity index (χ2v) is 15.1. The Morgan fingerprint density at radius 1 is 0.714 bits per heavy atom. The normalized spacial score (nSPS) is 15.6. The van der Waals surface area contributed by atoms with Crippen molar-refractivity contribution in [3.8, 4) is 5.75 Å². The minimum absolute atomic E-state index is 0.0691. The SMILES string of the molecule is CC(C)[C@H](NC(=O)CCN1CCC(Oc2ccccc2Cc2ccccc2)CC1)C(=O)N[C@@H](CO)C(=O)N[C@H](C(=O)N[C@H](Cc1ccccc1)C(N)=O)C(C)C. The summed E-state index contributed by atoms with van der Waals surface area (Å²) in [5.41, 5.74) is 8.73. The van der Waals surface area contributed by atoms with Gasteiger partial charge in [-0.25, -0.2) is 0 Å². The van der Waals surface area contributed by atoms with E-state index in [-0.39, 0.29) is 30.8 Å². The van der Waals surface area contributed by atoms with Gasteiger partial charge in [-0.1, -0.05) is 107 Å². The molecule has 5 amide bonds. The summed E-state index contributed by atoms with van der Waals surface area (Å²) in [6, 6.07) is 23.0. The average Bonchev–Trinajstić information content (AvgIpc) is 3.18. The van der Waals surface area contributed by atoms with E-state index in [1.54, 1.807) is 52.0 Å². The highest BCUT2D eigenvalue weighted by molar-refractivity contribution is 5.95. The number of nitrogens with zero attached hydrogens (tertiary/aromatic N) is 1. The van der Waals surface area contributed by atoms with Gasteiger partial charge in [-0.3, -0.25) is 24.0 Å². The van der Waals surface area contributed by atoms with Crippen LogP contribution in [-0.4, -0.2) is 96.1 Å². The molecule has 0 radical (unpaired) electrons. The lowest BCUT2D eigenvalue weighted by Crippen LogP contribution is -2.60. The number of aliphatic hydroxyl groups excluding tert-OH is 1. The highest BCUT2D eigenvalue weighted by Crippen LogP contribution is 2.25. The minimum atomic E-state index is -1.40. The van der Waals surface area contributed by atoms with Crippen molar-refractivity contribution in [2.75, 3.05) is 26.2 Å². The van der Waals surface area contributed by atoms with E-state index in [1.807, 2.05) is 42.5 Å². The molecule has 0 spiro atoms. The lowest BCUT2D eigenvalue weighted by Gasteiger charge is -2.32. The molecule has 0 unspecified atom stereocenters. The van der Waals surface area contributed by atoms with E-state index in [0.717, 1.165) is 49.2 Å². The van der Waals surface area contributed by atoms with Gasteiger partial charge in [0.1, 0.15) is 36.0 Å². The van der Waals surface area contributed by atoms with Crippen LogP contribution in [0.5, 0.6) is 5.75 Å². The van der Waals surface area contributed by atoms with E-state index in [4.69, 9.17) is 10.5 Å². The number of benzene rings is 3. The first-order chi connectivity index (χ1) is 26.8. The summed E-state index contributed by atoms with van der Waals surface area (Å²) in [6.45, 7) is 8.26. The highest BCUT2D eigenvalue weighted by atomic mass is 16.5. The van der Waals surface area contributed by atoms with Crippen molar-refractivity contribution in [1.82, 2.24) is 26.2 Å². The first-order valence-corrected chi connectivity index (χ1v) is 19.5. The quantitative estimate of drug-likeness (QED) is 0.101. The van der Waals surface area contributed by atoms with Crippen molar-refractivity contribution in [3.63, 3.8) is 0 Å². The van der Waals surface area contributed by atoms with Crippen LogP contribution in [-0.2, 0) is 36.8 Å².